The molecule has 2 aromatic heterocycles. The van der Waals surface area contributed by atoms with Gasteiger partial charge in [0.25, 0.3) is 5.91 Å². The third-order valence-electron chi connectivity index (χ3n) is 6.10. The minimum absolute atomic E-state index is 0.262. The van der Waals surface area contributed by atoms with Gasteiger partial charge in [0, 0.05) is 11.5 Å². The summed E-state index contributed by atoms with van der Waals surface area (Å²) in [5.41, 5.74) is -0.751. The number of para-hydroxylation sites is 1. The van der Waals surface area contributed by atoms with Crippen LogP contribution in [0.25, 0.3) is 11.0 Å². The van der Waals surface area contributed by atoms with Crippen LogP contribution < -0.4 is 10.6 Å². The van der Waals surface area contributed by atoms with E-state index in [9.17, 15) is 14.4 Å². The molecule has 1 aromatic carbocycles. The van der Waals surface area contributed by atoms with E-state index in [0.717, 1.165) is 36.0 Å². The molecule has 2 fully saturated rings. The maximum absolute atomic E-state index is 13.1. The first-order chi connectivity index (χ1) is 15.0. The number of rotatable bonds is 5. The van der Waals surface area contributed by atoms with Crippen LogP contribution in [0.1, 0.15) is 44.4 Å². The molecule has 1 aliphatic heterocycles. The lowest BCUT2D eigenvalue weighted by molar-refractivity contribution is -0.134. The number of fused-ring (bicyclic) bond motifs is 1. The van der Waals surface area contributed by atoms with E-state index < -0.39 is 29.9 Å². The second-order valence-corrected chi connectivity index (χ2v) is 8.24. The quantitative estimate of drug-likeness (QED) is 0.615. The molecule has 2 aliphatic rings. The van der Waals surface area contributed by atoms with Gasteiger partial charge in [-0.3, -0.25) is 14.5 Å². The molecular weight excluding hydrogens is 398 g/mol. The molecule has 1 atom stereocenters. The predicted octanol–water partition coefficient (Wildman–Crippen LogP) is 3.15. The zero-order valence-electron chi connectivity index (χ0n) is 17.1. The van der Waals surface area contributed by atoms with E-state index in [0.29, 0.717) is 17.2 Å². The van der Waals surface area contributed by atoms with Crippen molar-refractivity contribution in [2.45, 2.75) is 44.2 Å². The van der Waals surface area contributed by atoms with Crippen LogP contribution in [-0.4, -0.2) is 39.1 Å². The summed E-state index contributed by atoms with van der Waals surface area (Å²) in [7, 11) is 0. The first-order valence-electron chi connectivity index (χ1n) is 10.4. The van der Waals surface area contributed by atoms with Crippen molar-refractivity contribution in [3.05, 3.63) is 48.4 Å². The van der Waals surface area contributed by atoms with Crippen molar-refractivity contribution in [2.24, 2.45) is 0 Å². The number of amides is 4. The number of hydrogen-bond acceptors (Lipinski definition) is 5. The number of anilines is 1. The zero-order chi connectivity index (χ0) is 21.6. The topological polar surface area (TPSA) is 109 Å². The molecule has 31 heavy (non-hydrogen) atoms. The molecule has 1 saturated heterocycles. The van der Waals surface area contributed by atoms with E-state index in [-0.39, 0.29) is 6.04 Å². The van der Waals surface area contributed by atoms with Crippen molar-refractivity contribution >= 4 is 34.6 Å². The number of nitrogens with zero attached hydrogens (tertiary/aromatic N) is 3. The van der Waals surface area contributed by atoms with Crippen LogP contribution in [-0.2, 0) is 15.1 Å². The van der Waals surface area contributed by atoms with Crippen molar-refractivity contribution in [3.63, 3.8) is 0 Å². The fourth-order valence-corrected chi connectivity index (χ4v) is 4.41. The van der Waals surface area contributed by atoms with E-state index in [4.69, 9.17) is 4.42 Å². The Hall–Kier alpha value is -3.62. The SMILES string of the molecule is CC1(c2cc3ccccc3o2)NC(=O)N(CC(=O)Nc2ccnn2C2CCCC2)C1=O. The smallest absolute Gasteiger partial charge is 0.325 e. The Morgan fingerprint density at radius 1 is 1.26 bits per heavy atom. The Bertz CT molecular complexity index is 1140. The Kier molecular flexibility index (Phi) is 4.53. The highest BCUT2D eigenvalue weighted by Gasteiger charge is 2.51. The van der Waals surface area contributed by atoms with Gasteiger partial charge in [-0.25, -0.2) is 9.48 Å². The molecule has 3 heterocycles. The molecule has 2 N–H and O–H groups in total. The summed E-state index contributed by atoms with van der Waals surface area (Å²) < 4.78 is 7.63. The van der Waals surface area contributed by atoms with E-state index in [1.807, 2.05) is 22.9 Å². The predicted molar refractivity (Wildman–Crippen MR) is 112 cm³/mol. The number of furan rings is 1. The molecule has 3 aromatic rings. The molecule has 0 radical (unpaired) electrons. The monoisotopic (exact) mass is 421 g/mol. The van der Waals surface area contributed by atoms with Crippen LogP contribution in [0.4, 0.5) is 10.6 Å². The number of carbonyl (C=O) groups excluding carboxylic acids is 3. The second kappa shape index (κ2) is 7.26. The van der Waals surface area contributed by atoms with E-state index in [1.54, 1.807) is 31.3 Å². The maximum atomic E-state index is 13.1. The molecule has 5 rings (SSSR count). The van der Waals surface area contributed by atoms with Crippen molar-refractivity contribution < 1.29 is 18.8 Å². The number of nitrogens with one attached hydrogen (secondary N) is 2. The lowest BCUT2D eigenvalue weighted by atomic mass is 9.99. The summed E-state index contributed by atoms with van der Waals surface area (Å²) in [6.07, 6.45) is 5.96. The fourth-order valence-electron chi connectivity index (χ4n) is 4.41. The van der Waals surface area contributed by atoms with Crippen LogP contribution in [0.3, 0.4) is 0 Å². The molecule has 160 valence electrons. The second-order valence-electron chi connectivity index (χ2n) is 8.24. The number of carbonyl (C=O) groups is 3. The van der Waals surface area contributed by atoms with Crippen LogP contribution in [0.5, 0.6) is 0 Å². The minimum Gasteiger partial charge on any atom is -0.458 e. The highest BCUT2D eigenvalue weighted by molar-refractivity contribution is 6.10. The molecule has 9 heteroatoms. The first-order valence-corrected chi connectivity index (χ1v) is 10.4. The fraction of sp³-hybridized carbons (Fsp3) is 0.364. The van der Waals surface area contributed by atoms with Gasteiger partial charge < -0.3 is 15.1 Å². The van der Waals surface area contributed by atoms with Crippen molar-refractivity contribution in [1.29, 1.82) is 0 Å². The molecule has 4 amide bonds. The van der Waals surface area contributed by atoms with E-state index >= 15 is 0 Å². The van der Waals surface area contributed by atoms with E-state index in [2.05, 4.69) is 15.7 Å². The normalized spacial score (nSPS) is 21.8. The number of hydrogen-bond donors (Lipinski definition) is 2. The zero-order valence-corrected chi connectivity index (χ0v) is 17.1. The summed E-state index contributed by atoms with van der Waals surface area (Å²) in [5.74, 6) is -0.0913. The molecule has 0 spiro atoms. The highest BCUT2D eigenvalue weighted by Crippen LogP contribution is 2.33. The Morgan fingerprint density at radius 3 is 2.81 bits per heavy atom. The number of imide groups is 1. The van der Waals surface area contributed by atoms with Crippen LogP contribution in [0.15, 0.2) is 47.0 Å². The van der Waals surface area contributed by atoms with Gasteiger partial charge >= 0.3 is 6.03 Å². The largest absolute Gasteiger partial charge is 0.458 e. The van der Waals surface area contributed by atoms with Gasteiger partial charge in [-0.1, -0.05) is 31.0 Å². The summed E-state index contributed by atoms with van der Waals surface area (Å²) in [6, 6.07) is 10.4. The summed E-state index contributed by atoms with van der Waals surface area (Å²) in [6.45, 7) is 1.19. The standard InChI is InChI=1S/C22H23N5O4/c1-22(17-12-14-6-2-5-9-16(14)31-17)20(29)26(21(30)25-22)13-19(28)24-18-10-11-23-27(18)15-7-3-4-8-15/h2,5-6,9-12,15H,3-4,7-8,13H2,1H3,(H,24,28)(H,25,30). The summed E-state index contributed by atoms with van der Waals surface area (Å²) in [4.78, 5) is 39.3. The average Bonchev–Trinajstić information content (AvgIpc) is 3.52. The van der Waals surface area contributed by atoms with Gasteiger partial charge in [0.05, 0.1) is 12.2 Å². The number of urea groups is 1. The van der Waals surface area contributed by atoms with Gasteiger partial charge in [-0.2, -0.15) is 5.10 Å². The number of benzene rings is 1. The van der Waals surface area contributed by atoms with Gasteiger partial charge in [0.1, 0.15) is 23.7 Å². The molecule has 0 bridgehead atoms. The molecule has 9 nitrogen and oxygen atoms in total. The third-order valence-corrected chi connectivity index (χ3v) is 6.10. The molecule has 1 saturated carbocycles. The van der Waals surface area contributed by atoms with Crippen LogP contribution >= 0.6 is 0 Å². The minimum atomic E-state index is -1.37. The third kappa shape index (κ3) is 3.26. The van der Waals surface area contributed by atoms with Crippen LogP contribution in [0.2, 0.25) is 0 Å². The Morgan fingerprint density at radius 2 is 2.03 bits per heavy atom. The maximum Gasteiger partial charge on any atom is 0.325 e. The Balaban J connectivity index is 1.32. The first kappa shape index (κ1) is 19.3. The van der Waals surface area contributed by atoms with Crippen molar-refractivity contribution in [1.82, 2.24) is 20.0 Å². The summed E-state index contributed by atoms with van der Waals surface area (Å²) in [5, 5.41) is 10.6. The van der Waals surface area contributed by atoms with Crippen LogP contribution in [0, 0.1) is 0 Å². The van der Waals surface area contributed by atoms with Gasteiger partial charge in [-0.15, -0.1) is 0 Å². The lowest BCUT2D eigenvalue weighted by Crippen LogP contribution is -2.42. The van der Waals surface area contributed by atoms with Gasteiger partial charge in [0.2, 0.25) is 5.91 Å². The number of aromatic nitrogens is 2. The average molecular weight is 421 g/mol. The van der Waals surface area contributed by atoms with E-state index in [1.165, 1.54) is 0 Å². The molecule has 1 unspecified atom stereocenters. The summed E-state index contributed by atoms with van der Waals surface area (Å²) >= 11 is 0. The van der Waals surface area contributed by atoms with Gasteiger partial charge in [0.15, 0.2) is 5.54 Å². The van der Waals surface area contributed by atoms with Crippen molar-refractivity contribution in [3.8, 4) is 0 Å². The van der Waals surface area contributed by atoms with Gasteiger partial charge in [-0.05, 0) is 31.9 Å². The molecular formula is C22H23N5O4. The lowest BCUT2D eigenvalue weighted by Gasteiger charge is -2.19. The molecule has 1 aliphatic carbocycles. The Labute approximate surface area is 178 Å². The highest BCUT2D eigenvalue weighted by atomic mass is 16.3. The van der Waals surface area contributed by atoms with Crippen molar-refractivity contribution in [2.75, 3.05) is 11.9 Å².